The highest BCUT2D eigenvalue weighted by Gasteiger charge is 2.38. The Morgan fingerprint density at radius 3 is 2.64 bits per heavy atom. The molecule has 3 unspecified atom stereocenters. The van der Waals surface area contributed by atoms with Gasteiger partial charge in [-0.05, 0) is 18.3 Å². The second kappa shape index (κ2) is 3.35. The first-order valence-corrected chi connectivity index (χ1v) is 5.18. The first-order chi connectivity index (χ1) is 6.59. The van der Waals surface area contributed by atoms with Crippen LogP contribution in [0.5, 0.6) is 0 Å². The fraction of sp³-hybridized carbons (Fsp3) is 0.800. The molecule has 4 nitrogen and oxygen atoms in total. The molecule has 14 heavy (non-hydrogen) atoms. The summed E-state index contributed by atoms with van der Waals surface area (Å²) >= 11 is 0. The van der Waals surface area contributed by atoms with E-state index in [4.69, 9.17) is 10.3 Å². The van der Waals surface area contributed by atoms with E-state index in [1.165, 1.54) is 6.42 Å². The number of rotatable bonds is 3. The topological polar surface area (TPSA) is 64.9 Å². The third-order valence-electron chi connectivity index (χ3n) is 2.90. The van der Waals surface area contributed by atoms with Crippen LogP contribution in [0, 0.1) is 11.8 Å². The second-order valence-electron chi connectivity index (χ2n) is 4.58. The van der Waals surface area contributed by atoms with Crippen LogP contribution in [-0.2, 0) is 0 Å². The number of aromatic nitrogens is 2. The molecule has 0 saturated heterocycles. The summed E-state index contributed by atoms with van der Waals surface area (Å²) in [7, 11) is 0. The average Bonchev–Trinajstić information content (AvgIpc) is 2.67. The van der Waals surface area contributed by atoms with Crippen LogP contribution < -0.4 is 5.73 Å². The molecular weight excluding hydrogens is 178 g/mol. The smallest absolute Gasteiger partial charge is 0.243 e. The standard InChI is InChI=1S/C10H17N3O/c1-5(2)8(11)10-12-9(13-14-10)7-4-6(7)3/h5-8H,4,11H2,1-3H3. The third kappa shape index (κ3) is 1.66. The lowest BCUT2D eigenvalue weighted by molar-refractivity contribution is 0.322. The van der Waals surface area contributed by atoms with Crippen molar-refractivity contribution in [2.45, 2.75) is 39.2 Å². The molecule has 3 atom stereocenters. The summed E-state index contributed by atoms with van der Waals surface area (Å²) in [6.45, 7) is 6.30. The molecule has 0 aromatic carbocycles. The molecule has 0 aliphatic heterocycles. The van der Waals surface area contributed by atoms with Gasteiger partial charge in [0.25, 0.3) is 0 Å². The predicted molar refractivity (Wildman–Crippen MR) is 52.6 cm³/mol. The Balaban J connectivity index is 2.10. The minimum absolute atomic E-state index is 0.134. The van der Waals surface area contributed by atoms with E-state index in [0.29, 0.717) is 23.6 Å². The van der Waals surface area contributed by atoms with Gasteiger partial charge in [-0.25, -0.2) is 0 Å². The van der Waals surface area contributed by atoms with E-state index in [9.17, 15) is 0 Å². The normalized spacial score (nSPS) is 28.1. The van der Waals surface area contributed by atoms with E-state index in [2.05, 4.69) is 17.1 Å². The molecule has 78 valence electrons. The van der Waals surface area contributed by atoms with Gasteiger partial charge in [0.2, 0.25) is 5.89 Å². The SMILES string of the molecule is CC(C)C(N)c1nc(C2CC2C)no1. The Morgan fingerprint density at radius 2 is 2.14 bits per heavy atom. The van der Waals surface area contributed by atoms with E-state index >= 15 is 0 Å². The van der Waals surface area contributed by atoms with Gasteiger partial charge in [0.05, 0.1) is 6.04 Å². The van der Waals surface area contributed by atoms with Crippen molar-refractivity contribution in [1.82, 2.24) is 10.1 Å². The first kappa shape index (κ1) is 9.65. The number of hydrogen-bond acceptors (Lipinski definition) is 4. The third-order valence-corrected chi connectivity index (χ3v) is 2.90. The minimum atomic E-state index is -0.134. The number of hydrogen-bond donors (Lipinski definition) is 1. The van der Waals surface area contributed by atoms with Crippen molar-refractivity contribution in [3.8, 4) is 0 Å². The van der Waals surface area contributed by atoms with E-state index in [1.807, 2.05) is 13.8 Å². The highest BCUT2D eigenvalue weighted by Crippen LogP contribution is 2.45. The Morgan fingerprint density at radius 1 is 1.50 bits per heavy atom. The molecule has 4 heteroatoms. The first-order valence-electron chi connectivity index (χ1n) is 5.18. The second-order valence-corrected chi connectivity index (χ2v) is 4.58. The number of nitrogens with two attached hydrogens (primary N) is 1. The maximum atomic E-state index is 5.91. The van der Waals surface area contributed by atoms with E-state index in [-0.39, 0.29) is 6.04 Å². The van der Waals surface area contributed by atoms with E-state index < -0.39 is 0 Å². The fourth-order valence-corrected chi connectivity index (χ4v) is 1.50. The van der Waals surface area contributed by atoms with E-state index in [0.717, 1.165) is 5.82 Å². The van der Waals surface area contributed by atoms with Gasteiger partial charge in [0.15, 0.2) is 5.82 Å². The maximum Gasteiger partial charge on any atom is 0.243 e. The Bertz CT molecular complexity index is 321. The average molecular weight is 195 g/mol. The van der Waals surface area contributed by atoms with Crippen LogP contribution in [-0.4, -0.2) is 10.1 Å². The van der Waals surface area contributed by atoms with Gasteiger partial charge in [-0.2, -0.15) is 4.98 Å². The fourth-order valence-electron chi connectivity index (χ4n) is 1.50. The Labute approximate surface area is 83.9 Å². The van der Waals surface area contributed by atoms with Crippen molar-refractivity contribution in [3.63, 3.8) is 0 Å². The van der Waals surface area contributed by atoms with E-state index in [1.54, 1.807) is 0 Å². The molecule has 1 fully saturated rings. The van der Waals surface area contributed by atoms with Gasteiger partial charge in [0, 0.05) is 5.92 Å². The largest absolute Gasteiger partial charge is 0.338 e. The summed E-state index contributed by atoms with van der Waals surface area (Å²) < 4.78 is 5.15. The molecule has 2 N–H and O–H groups in total. The molecular formula is C10H17N3O. The van der Waals surface area contributed by atoms with Crippen LogP contribution in [0.2, 0.25) is 0 Å². The van der Waals surface area contributed by atoms with Gasteiger partial charge in [0.1, 0.15) is 0 Å². The molecule has 1 aliphatic rings. The highest BCUT2D eigenvalue weighted by molar-refractivity contribution is 5.08. The summed E-state index contributed by atoms with van der Waals surface area (Å²) in [4.78, 5) is 4.34. The molecule has 0 spiro atoms. The summed E-state index contributed by atoms with van der Waals surface area (Å²) in [5.41, 5.74) is 5.91. The zero-order valence-electron chi connectivity index (χ0n) is 8.90. The quantitative estimate of drug-likeness (QED) is 0.799. The maximum absolute atomic E-state index is 5.91. The molecule has 2 rings (SSSR count). The van der Waals surface area contributed by atoms with Gasteiger partial charge >= 0.3 is 0 Å². The molecule has 1 saturated carbocycles. The van der Waals surface area contributed by atoms with Crippen molar-refractivity contribution in [2.75, 3.05) is 0 Å². The lowest BCUT2D eigenvalue weighted by atomic mass is 10.1. The van der Waals surface area contributed by atoms with Crippen LogP contribution in [0.1, 0.15) is 50.9 Å². The Kier molecular flexibility index (Phi) is 2.31. The van der Waals surface area contributed by atoms with Crippen LogP contribution in [0.15, 0.2) is 4.52 Å². The molecule has 0 bridgehead atoms. The summed E-state index contributed by atoms with van der Waals surface area (Å²) in [6.07, 6.45) is 1.18. The molecule has 1 aliphatic carbocycles. The van der Waals surface area contributed by atoms with Crippen LogP contribution >= 0.6 is 0 Å². The van der Waals surface area contributed by atoms with Gasteiger partial charge in [-0.1, -0.05) is 25.9 Å². The van der Waals surface area contributed by atoms with Crippen molar-refractivity contribution in [3.05, 3.63) is 11.7 Å². The van der Waals surface area contributed by atoms with Crippen molar-refractivity contribution >= 4 is 0 Å². The number of nitrogens with zero attached hydrogens (tertiary/aromatic N) is 2. The summed E-state index contributed by atoms with van der Waals surface area (Å²) in [5.74, 6) is 2.96. The molecule has 0 amide bonds. The van der Waals surface area contributed by atoms with Gasteiger partial charge in [-0.15, -0.1) is 0 Å². The zero-order valence-corrected chi connectivity index (χ0v) is 8.90. The molecule has 0 radical (unpaired) electrons. The Hall–Kier alpha value is -0.900. The van der Waals surface area contributed by atoms with Crippen LogP contribution in [0.4, 0.5) is 0 Å². The van der Waals surface area contributed by atoms with Crippen molar-refractivity contribution in [1.29, 1.82) is 0 Å². The predicted octanol–water partition coefficient (Wildman–Crippen LogP) is 1.85. The summed E-state index contributed by atoms with van der Waals surface area (Å²) in [6, 6.07) is -0.134. The monoisotopic (exact) mass is 195 g/mol. The van der Waals surface area contributed by atoms with Crippen LogP contribution in [0.3, 0.4) is 0 Å². The van der Waals surface area contributed by atoms with Gasteiger partial charge in [-0.3, -0.25) is 0 Å². The minimum Gasteiger partial charge on any atom is -0.338 e. The lowest BCUT2D eigenvalue weighted by Gasteiger charge is -2.09. The highest BCUT2D eigenvalue weighted by atomic mass is 16.5. The van der Waals surface area contributed by atoms with Crippen LogP contribution in [0.25, 0.3) is 0 Å². The zero-order chi connectivity index (χ0) is 10.3. The molecule has 1 aromatic rings. The summed E-state index contributed by atoms with van der Waals surface area (Å²) in [5, 5.41) is 3.97. The molecule has 1 aromatic heterocycles. The van der Waals surface area contributed by atoms with Gasteiger partial charge < -0.3 is 10.3 Å². The van der Waals surface area contributed by atoms with Crippen molar-refractivity contribution in [2.24, 2.45) is 17.6 Å². The van der Waals surface area contributed by atoms with Crippen molar-refractivity contribution < 1.29 is 4.52 Å². The molecule has 1 heterocycles. The lowest BCUT2D eigenvalue weighted by Crippen LogP contribution is -2.17.